The van der Waals surface area contributed by atoms with Gasteiger partial charge < -0.3 is 15.3 Å². The predicted molar refractivity (Wildman–Crippen MR) is 78.6 cm³/mol. The number of amides is 1. The van der Waals surface area contributed by atoms with Gasteiger partial charge in [-0.25, -0.2) is 0 Å². The standard InChI is InChI=1S/C14H16Cl2N2O2/c15-9-1-2-10(16)12(19)11(9)13(20)18-6-4-14(8-18)3-5-17-7-14/h1-2,17,19H,3-8H2. The zero-order chi connectivity index (χ0) is 14.3. The van der Waals surface area contributed by atoms with Crippen molar-refractivity contribution in [3.63, 3.8) is 0 Å². The number of hydrogen-bond acceptors (Lipinski definition) is 3. The average molecular weight is 315 g/mol. The first kappa shape index (κ1) is 14.0. The minimum atomic E-state index is -0.237. The number of carbonyl (C=O) groups is 1. The van der Waals surface area contributed by atoms with Crippen LogP contribution in [0.1, 0.15) is 23.2 Å². The van der Waals surface area contributed by atoms with Crippen molar-refractivity contribution < 1.29 is 9.90 Å². The first-order chi connectivity index (χ1) is 9.52. The molecule has 0 bridgehead atoms. The van der Waals surface area contributed by atoms with Crippen molar-refractivity contribution in [3.8, 4) is 5.75 Å². The van der Waals surface area contributed by atoms with Crippen LogP contribution in [0.15, 0.2) is 12.1 Å². The molecule has 2 fully saturated rings. The highest BCUT2D eigenvalue weighted by Gasteiger charge is 2.42. The highest BCUT2D eigenvalue weighted by Crippen LogP contribution is 2.39. The van der Waals surface area contributed by atoms with Crippen LogP contribution in [-0.2, 0) is 0 Å². The molecule has 4 nitrogen and oxygen atoms in total. The Bertz CT molecular complexity index is 556. The number of aromatic hydroxyl groups is 1. The topological polar surface area (TPSA) is 52.6 Å². The number of nitrogens with one attached hydrogen (secondary N) is 1. The van der Waals surface area contributed by atoms with Crippen molar-refractivity contribution in [2.45, 2.75) is 12.8 Å². The van der Waals surface area contributed by atoms with Crippen LogP contribution in [0, 0.1) is 5.41 Å². The SMILES string of the molecule is O=C(c1c(Cl)ccc(Cl)c1O)N1CCC2(CCNC2)C1. The lowest BCUT2D eigenvalue weighted by atomic mass is 9.86. The van der Waals surface area contributed by atoms with Crippen molar-refractivity contribution >= 4 is 29.1 Å². The van der Waals surface area contributed by atoms with Gasteiger partial charge in [-0.2, -0.15) is 0 Å². The molecule has 20 heavy (non-hydrogen) atoms. The number of hydrogen-bond donors (Lipinski definition) is 2. The molecule has 1 aromatic carbocycles. The van der Waals surface area contributed by atoms with E-state index in [-0.39, 0.29) is 32.7 Å². The first-order valence-corrected chi connectivity index (χ1v) is 7.45. The Morgan fingerprint density at radius 2 is 2.05 bits per heavy atom. The molecular formula is C14H16Cl2N2O2. The van der Waals surface area contributed by atoms with Gasteiger partial charge in [0.05, 0.1) is 10.0 Å². The minimum Gasteiger partial charge on any atom is -0.505 e. The molecule has 0 aromatic heterocycles. The maximum Gasteiger partial charge on any atom is 0.259 e. The normalized spacial score (nSPS) is 25.6. The number of phenolic OH excluding ortho intramolecular Hbond substituents is 1. The number of nitrogens with zero attached hydrogens (tertiary/aromatic N) is 1. The van der Waals surface area contributed by atoms with E-state index in [1.807, 2.05) is 0 Å². The third-order valence-electron chi connectivity index (χ3n) is 4.35. The molecule has 1 aromatic rings. The summed E-state index contributed by atoms with van der Waals surface area (Å²) in [6.07, 6.45) is 2.08. The average Bonchev–Trinajstić information content (AvgIpc) is 3.05. The molecule has 3 rings (SSSR count). The van der Waals surface area contributed by atoms with E-state index in [0.717, 1.165) is 25.9 Å². The Hall–Kier alpha value is -0.970. The second-order valence-corrected chi connectivity index (χ2v) is 6.47. The van der Waals surface area contributed by atoms with Crippen LogP contribution in [0.2, 0.25) is 10.0 Å². The number of carbonyl (C=O) groups excluding carboxylic acids is 1. The van der Waals surface area contributed by atoms with E-state index in [4.69, 9.17) is 23.2 Å². The molecule has 2 aliphatic heterocycles. The molecule has 2 N–H and O–H groups in total. The molecule has 108 valence electrons. The Morgan fingerprint density at radius 3 is 2.75 bits per heavy atom. The summed E-state index contributed by atoms with van der Waals surface area (Å²) in [5.41, 5.74) is 0.304. The number of benzene rings is 1. The third-order valence-corrected chi connectivity index (χ3v) is 4.97. The number of rotatable bonds is 1. The second-order valence-electron chi connectivity index (χ2n) is 5.66. The van der Waals surface area contributed by atoms with Gasteiger partial charge in [0.15, 0.2) is 0 Å². The van der Waals surface area contributed by atoms with E-state index in [1.54, 1.807) is 11.0 Å². The fraction of sp³-hybridized carbons (Fsp3) is 0.500. The van der Waals surface area contributed by atoms with Gasteiger partial charge in [0.25, 0.3) is 5.91 Å². The summed E-state index contributed by atoms with van der Waals surface area (Å²) in [4.78, 5) is 14.4. The molecule has 0 radical (unpaired) electrons. The van der Waals surface area contributed by atoms with Gasteiger partial charge in [-0.3, -0.25) is 4.79 Å². The summed E-state index contributed by atoms with van der Waals surface area (Å²) in [5, 5.41) is 13.7. The largest absolute Gasteiger partial charge is 0.505 e. The molecule has 2 aliphatic rings. The van der Waals surface area contributed by atoms with E-state index < -0.39 is 0 Å². The quantitative estimate of drug-likeness (QED) is 0.837. The van der Waals surface area contributed by atoms with Crippen LogP contribution in [0.5, 0.6) is 5.75 Å². The van der Waals surface area contributed by atoms with Gasteiger partial charge in [-0.15, -0.1) is 0 Å². The van der Waals surface area contributed by atoms with E-state index in [1.165, 1.54) is 6.07 Å². The van der Waals surface area contributed by atoms with E-state index in [9.17, 15) is 9.90 Å². The van der Waals surface area contributed by atoms with E-state index >= 15 is 0 Å². The highest BCUT2D eigenvalue weighted by molar-refractivity contribution is 6.37. The lowest BCUT2D eigenvalue weighted by Gasteiger charge is -2.23. The Balaban J connectivity index is 1.85. The molecule has 2 saturated heterocycles. The Morgan fingerprint density at radius 1 is 1.30 bits per heavy atom. The minimum absolute atomic E-state index is 0.113. The fourth-order valence-corrected chi connectivity index (χ4v) is 3.55. The van der Waals surface area contributed by atoms with Crippen LogP contribution < -0.4 is 5.32 Å². The highest BCUT2D eigenvalue weighted by atomic mass is 35.5. The molecule has 0 aliphatic carbocycles. The molecule has 1 amide bonds. The van der Waals surface area contributed by atoms with Crippen LogP contribution in [0.4, 0.5) is 0 Å². The summed E-state index contributed by atoms with van der Waals surface area (Å²) in [6.45, 7) is 3.36. The number of likely N-dealkylation sites (tertiary alicyclic amines) is 1. The van der Waals surface area contributed by atoms with Crippen LogP contribution in [-0.4, -0.2) is 42.1 Å². The lowest BCUT2D eigenvalue weighted by Crippen LogP contribution is -2.33. The van der Waals surface area contributed by atoms with Gasteiger partial charge in [0.2, 0.25) is 0 Å². The third kappa shape index (κ3) is 2.26. The van der Waals surface area contributed by atoms with Gasteiger partial charge >= 0.3 is 0 Å². The Kier molecular flexibility index (Phi) is 3.56. The molecular weight excluding hydrogens is 299 g/mol. The first-order valence-electron chi connectivity index (χ1n) is 6.69. The van der Waals surface area contributed by atoms with Gasteiger partial charge in [0.1, 0.15) is 11.3 Å². The number of phenols is 1. The molecule has 6 heteroatoms. The molecule has 1 unspecified atom stereocenters. The summed E-state index contributed by atoms with van der Waals surface area (Å²) in [6, 6.07) is 3.03. The zero-order valence-electron chi connectivity index (χ0n) is 11.0. The van der Waals surface area contributed by atoms with Crippen molar-refractivity contribution in [1.82, 2.24) is 10.2 Å². The maximum atomic E-state index is 12.6. The maximum absolute atomic E-state index is 12.6. The van der Waals surface area contributed by atoms with Crippen molar-refractivity contribution in [2.75, 3.05) is 26.2 Å². The summed E-state index contributed by atoms with van der Waals surface area (Å²) in [5.74, 6) is -0.464. The monoisotopic (exact) mass is 314 g/mol. The molecule has 0 saturated carbocycles. The molecule has 2 heterocycles. The smallest absolute Gasteiger partial charge is 0.259 e. The van der Waals surface area contributed by atoms with E-state index in [0.29, 0.717) is 13.1 Å². The Labute approximate surface area is 127 Å². The van der Waals surface area contributed by atoms with Crippen molar-refractivity contribution in [3.05, 3.63) is 27.7 Å². The van der Waals surface area contributed by atoms with Crippen LogP contribution in [0.25, 0.3) is 0 Å². The van der Waals surface area contributed by atoms with Gasteiger partial charge in [-0.1, -0.05) is 23.2 Å². The van der Waals surface area contributed by atoms with E-state index in [2.05, 4.69) is 5.32 Å². The summed E-state index contributed by atoms with van der Waals surface area (Å²) >= 11 is 11.9. The lowest BCUT2D eigenvalue weighted by molar-refractivity contribution is 0.0773. The van der Waals surface area contributed by atoms with Crippen LogP contribution in [0.3, 0.4) is 0 Å². The van der Waals surface area contributed by atoms with Crippen molar-refractivity contribution in [1.29, 1.82) is 0 Å². The summed E-state index contributed by atoms with van der Waals surface area (Å²) < 4.78 is 0. The van der Waals surface area contributed by atoms with Gasteiger partial charge in [0, 0.05) is 25.0 Å². The number of halogens is 2. The molecule has 1 atom stereocenters. The van der Waals surface area contributed by atoms with Crippen molar-refractivity contribution in [2.24, 2.45) is 5.41 Å². The fourth-order valence-electron chi connectivity index (χ4n) is 3.15. The predicted octanol–water partition coefficient (Wildman–Crippen LogP) is 2.52. The molecule has 1 spiro atoms. The van der Waals surface area contributed by atoms with Crippen LogP contribution >= 0.6 is 23.2 Å². The second kappa shape index (κ2) is 5.10. The van der Waals surface area contributed by atoms with Gasteiger partial charge in [-0.05, 0) is 31.5 Å². The summed E-state index contributed by atoms with van der Waals surface area (Å²) in [7, 11) is 0. The zero-order valence-corrected chi connectivity index (χ0v) is 12.5.